The van der Waals surface area contributed by atoms with Crippen molar-refractivity contribution in [2.45, 2.75) is 25.0 Å². The standard InChI is InChI=1S/C24H19FN4O3/c1-23(2,30)6-5-14-3-4-20-17(7-14)24(12-31-22(26)29-24)18-8-16(15-10-27-13-28-11-15)19(25)9-21(18)32-20/h3-4,7-11,13,30H,12H2,1-2H3,(H2,26,29). The normalized spacial score (nSPS) is 18.6. The molecule has 1 aromatic heterocycles. The van der Waals surface area contributed by atoms with Crippen LogP contribution in [0.2, 0.25) is 0 Å². The van der Waals surface area contributed by atoms with E-state index in [9.17, 15) is 9.50 Å². The second kappa shape index (κ2) is 7.04. The van der Waals surface area contributed by atoms with Crippen molar-refractivity contribution in [3.8, 4) is 34.5 Å². The lowest BCUT2D eigenvalue weighted by atomic mass is 9.80. The lowest BCUT2D eigenvalue weighted by Crippen LogP contribution is -2.31. The molecule has 0 saturated heterocycles. The quantitative estimate of drug-likeness (QED) is 0.575. The molecule has 160 valence electrons. The molecule has 0 amide bonds. The highest BCUT2D eigenvalue weighted by Gasteiger charge is 2.47. The summed E-state index contributed by atoms with van der Waals surface area (Å²) in [4.78, 5) is 12.6. The molecule has 3 N–H and O–H groups in total. The van der Waals surface area contributed by atoms with Crippen molar-refractivity contribution in [1.82, 2.24) is 9.97 Å². The van der Waals surface area contributed by atoms with Gasteiger partial charge in [-0.15, -0.1) is 0 Å². The minimum Gasteiger partial charge on any atom is -0.462 e. The maximum Gasteiger partial charge on any atom is 0.283 e. The summed E-state index contributed by atoms with van der Waals surface area (Å²) in [5.41, 5.74) is 6.55. The van der Waals surface area contributed by atoms with E-state index in [4.69, 9.17) is 15.2 Å². The fourth-order valence-electron chi connectivity index (χ4n) is 3.84. The summed E-state index contributed by atoms with van der Waals surface area (Å²) >= 11 is 0. The Bertz CT molecular complexity index is 1320. The van der Waals surface area contributed by atoms with Crippen LogP contribution in [0.5, 0.6) is 11.5 Å². The van der Waals surface area contributed by atoms with E-state index in [2.05, 4.69) is 26.8 Å². The fraction of sp³-hybridized carbons (Fsp3) is 0.208. The fourth-order valence-corrected chi connectivity index (χ4v) is 3.84. The van der Waals surface area contributed by atoms with Gasteiger partial charge >= 0.3 is 0 Å². The molecule has 0 fully saturated rings. The number of fused-ring (bicyclic) bond motifs is 4. The van der Waals surface area contributed by atoms with E-state index >= 15 is 0 Å². The number of aliphatic hydroxyl groups is 1. The van der Waals surface area contributed by atoms with Gasteiger partial charge in [-0.1, -0.05) is 11.8 Å². The maximum absolute atomic E-state index is 15.0. The predicted molar refractivity (Wildman–Crippen MR) is 115 cm³/mol. The van der Waals surface area contributed by atoms with Gasteiger partial charge in [0.1, 0.15) is 35.9 Å². The van der Waals surface area contributed by atoms with Crippen molar-refractivity contribution in [3.63, 3.8) is 0 Å². The molecule has 2 aliphatic rings. The summed E-state index contributed by atoms with van der Waals surface area (Å²) in [7, 11) is 0. The van der Waals surface area contributed by atoms with E-state index < -0.39 is 17.0 Å². The number of halogens is 1. The molecular formula is C24H19FN4O3. The zero-order valence-electron chi connectivity index (χ0n) is 17.4. The third-order valence-corrected chi connectivity index (χ3v) is 5.27. The number of aliphatic imine (C=N–C) groups is 1. The average Bonchev–Trinajstić information content (AvgIpc) is 3.14. The molecule has 3 heterocycles. The van der Waals surface area contributed by atoms with Crippen molar-refractivity contribution in [2.24, 2.45) is 10.7 Å². The van der Waals surface area contributed by atoms with Crippen LogP contribution < -0.4 is 10.5 Å². The summed E-state index contributed by atoms with van der Waals surface area (Å²) in [6, 6.07) is 8.38. The molecule has 1 spiro atoms. The lowest BCUT2D eigenvalue weighted by molar-refractivity contribution is 0.143. The average molecular weight is 430 g/mol. The first kappa shape index (κ1) is 20.0. The van der Waals surface area contributed by atoms with E-state index in [0.717, 1.165) is 0 Å². The Morgan fingerprint density at radius 3 is 2.56 bits per heavy atom. The number of benzene rings is 2. The monoisotopic (exact) mass is 430 g/mol. The van der Waals surface area contributed by atoms with Crippen molar-refractivity contribution < 1.29 is 19.0 Å². The molecule has 5 rings (SSSR count). The van der Waals surface area contributed by atoms with Crippen LogP contribution in [-0.2, 0) is 10.3 Å². The number of nitrogens with zero attached hydrogens (tertiary/aromatic N) is 3. The Morgan fingerprint density at radius 1 is 1.12 bits per heavy atom. The van der Waals surface area contributed by atoms with Crippen LogP contribution in [0.15, 0.2) is 54.0 Å². The van der Waals surface area contributed by atoms with E-state index in [-0.39, 0.29) is 12.6 Å². The molecule has 0 radical (unpaired) electrons. The molecule has 32 heavy (non-hydrogen) atoms. The highest BCUT2D eigenvalue weighted by atomic mass is 19.1. The van der Waals surface area contributed by atoms with E-state index in [1.165, 1.54) is 24.8 Å². The third-order valence-electron chi connectivity index (χ3n) is 5.27. The number of rotatable bonds is 1. The molecular weight excluding hydrogens is 411 g/mol. The summed E-state index contributed by atoms with van der Waals surface area (Å²) in [6.07, 6.45) is 4.46. The molecule has 0 saturated carbocycles. The Kier molecular flexibility index (Phi) is 4.39. The summed E-state index contributed by atoms with van der Waals surface area (Å²) in [5.74, 6) is 6.13. The predicted octanol–water partition coefficient (Wildman–Crippen LogP) is 3.10. The zero-order valence-corrected chi connectivity index (χ0v) is 17.4. The Morgan fingerprint density at radius 2 is 1.88 bits per heavy atom. The maximum atomic E-state index is 15.0. The van der Waals surface area contributed by atoms with Gasteiger partial charge in [-0.2, -0.15) is 0 Å². The minimum atomic E-state index is -1.14. The highest BCUT2D eigenvalue weighted by molar-refractivity contribution is 5.78. The number of ether oxygens (including phenoxy) is 2. The second-order valence-electron chi connectivity index (χ2n) is 8.18. The molecule has 7 nitrogen and oxygen atoms in total. The van der Waals surface area contributed by atoms with Crippen molar-refractivity contribution in [2.75, 3.05) is 6.61 Å². The highest BCUT2D eigenvalue weighted by Crippen LogP contribution is 2.52. The van der Waals surface area contributed by atoms with E-state index in [0.29, 0.717) is 39.3 Å². The molecule has 1 unspecified atom stereocenters. The first-order valence-corrected chi connectivity index (χ1v) is 9.91. The summed E-state index contributed by atoms with van der Waals surface area (Å²) < 4.78 is 26.6. The van der Waals surface area contributed by atoms with Crippen LogP contribution in [0.4, 0.5) is 4.39 Å². The van der Waals surface area contributed by atoms with Gasteiger partial charge in [0.05, 0.1) is 0 Å². The van der Waals surface area contributed by atoms with Gasteiger partial charge < -0.3 is 20.3 Å². The number of hydrogen-bond acceptors (Lipinski definition) is 7. The van der Waals surface area contributed by atoms with Crippen molar-refractivity contribution in [3.05, 3.63) is 71.6 Å². The van der Waals surface area contributed by atoms with Gasteiger partial charge in [0.15, 0.2) is 5.54 Å². The topological polar surface area (TPSA) is 103 Å². The summed E-state index contributed by atoms with van der Waals surface area (Å²) in [5, 5.41) is 9.95. The number of nitrogens with two attached hydrogens (primary N) is 1. The largest absolute Gasteiger partial charge is 0.462 e. The van der Waals surface area contributed by atoms with Crippen LogP contribution >= 0.6 is 0 Å². The van der Waals surface area contributed by atoms with Gasteiger partial charge in [-0.05, 0) is 38.1 Å². The van der Waals surface area contributed by atoms with Gasteiger partial charge in [0.25, 0.3) is 6.02 Å². The van der Waals surface area contributed by atoms with Gasteiger partial charge in [0.2, 0.25) is 0 Å². The first-order valence-electron chi connectivity index (χ1n) is 9.91. The Balaban J connectivity index is 1.72. The number of hydrogen-bond donors (Lipinski definition) is 2. The van der Waals surface area contributed by atoms with Gasteiger partial charge in [-0.25, -0.2) is 19.4 Å². The number of amidine groups is 1. The SMILES string of the molecule is CC(C)(O)C#Cc1ccc2c(c1)C1(COC(N)=N1)c1cc(-c3cncnc3)c(F)cc1O2. The summed E-state index contributed by atoms with van der Waals surface area (Å²) in [6.45, 7) is 3.35. The Hall–Kier alpha value is -3.96. The van der Waals surface area contributed by atoms with Crippen LogP contribution in [0.3, 0.4) is 0 Å². The van der Waals surface area contributed by atoms with Crippen molar-refractivity contribution in [1.29, 1.82) is 0 Å². The molecule has 2 aromatic carbocycles. The van der Waals surface area contributed by atoms with E-state index in [1.54, 1.807) is 32.0 Å². The van der Waals surface area contributed by atoms with Crippen LogP contribution in [0, 0.1) is 17.7 Å². The number of aromatic nitrogens is 2. The molecule has 2 aliphatic heterocycles. The molecule has 0 bridgehead atoms. The van der Waals surface area contributed by atoms with E-state index in [1.807, 2.05) is 6.07 Å². The molecule has 8 heteroatoms. The van der Waals surface area contributed by atoms with Crippen LogP contribution in [0.25, 0.3) is 11.1 Å². The van der Waals surface area contributed by atoms with Gasteiger partial charge in [-0.3, -0.25) is 0 Å². The second-order valence-corrected chi connectivity index (χ2v) is 8.18. The lowest BCUT2D eigenvalue weighted by Gasteiger charge is -2.34. The molecule has 3 aromatic rings. The minimum absolute atomic E-state index is 0.0331. The van der Waals surface area contributed by atoms with Gasteiger partial charge in [0, 0.05) is 46.3 Å². The molecule has 0 aliphatic carbocycles. The first-order chi connectivity index (χ1) is 15.2. The smallest absolute Gasteiger partial charge is 0.283 e. The van der Waals surface area contributed by atoms with Crippen LogP contribution in [0.1, 0.15) is 30.5 Å². The van der Waals surface area contributed by atoms with Crippen molar-refractivity contribution >= 4 is 6.02 Å². The Labute approximate surface area is 183 Å². The zero-order chi connectivity index (χ0) is 22.5. The van der Waals surface area contributed by atoms with Crippen LogP contribution in [-0.4, -0.2) is 33.3 Å². The molecule has 1 atom stereocenters. The third kappa shape index (κ3) is 3.33.